The Morgan fingerprint density at radius 2 is 1.82 bits per heavy atom. The Morgan fingerprint density at radius 3 is 2.32 bits per heavy atom. The summed E-state index contributed by atoms with van der Waals surface area (Å²) in [5, 5.41) is 20.7. The predicted molar refractivity (Wildman–Crippen MR) is 78.3 cm³/mol. The molecule has 2 rings (SSSR count). The zero-order valence-corrected chi connectivity index (χ0v) is 11.5. The Hall–Kier alpha value is -3.65. The lowest BCUT2D eigenvalue weighted by molar-refractivity contribution is 0.103. The van der Waals surface area contributed by atoms with Gasteiger partial charge in [-0.15, -0.1) is 0 Å². The Balaban J connectivity index is 2.19. The van der Waals surface area contributed by atoms with Crippen LogP contribution in [0.2, 0.25) is 0 Å². The molecule has 0 radical (unpaired) electrons. The van der Waals surface area contributed by atoms with Crippen LogP contribution in [0.5, 0.6) is 0 Å². The number of hydrazone groups is 1. The fourth-order valence-corrected chi connectivity index (χ4v) is 1.73. The van der Waals surface area contributed by atoms with E-state index >= 15 is 0 Å². The van der Waals surface area contributed by atoms with Gasteiger partial charge in [0.1, 0.15) is 17.8 Å². The average molecular weight is 294 g/mol. The lowest BCUT2D eigenvalue weighted by Crippen LogP contribution is -2.06. The largest absolute Gasteiger partial charge is 0.323 e. The number of rotatable bonds is 4. The maximum Gasteiger partial charge on any atom is 0.323 e. The molecule has 1 aromatic heterocycles. The van der Waals surface area contributed by atoms with Gasteiger partial charge in [-0.25, -0.2) is 4.79 Å². The molecule has 0 unspecified atom stereocenters. The number of carbonyl (C=O) groups is 1. The van der Waals surface area contributed by atoms with E-state index in [0.29, 0.717) is 16.9 Å². The molecular weight excluding hydrogens is 284 g/mol. The van der Waals surface area contributed by atoms with Crippen molar-refractivity contribution in [2.24, 2.45) is 5.10 Å². The predicted octanol–water partition coefficient (Wildman–Crippen LogP) is 1.06. The summed E-state index contributed by atoms with van der Waals surface area (Å²) in [6.45, 7) is 1.63. The molecule has 0 saturated carbocycles. The van der Waals surface area contributed by atoms with Gasteiger partial charge in [-0.1, -0.05) is 0 Å². The number of nitriles is 2. The number of nitrogens with zero attached hydrogens (tertiary/aromatic N) is 3. The van der Waals surface area contributed by atoms with Crippen LogP contribution in [-0.4, -0.2) is 21.5 Å². The van der Waals surface area contributed by atoms with E-state index < -0.39 is 5.69 Å². The molecule has 0 bridgehead atoms. The molecule has 0 atom stereocenters. The van der Waals surface area contributed by atoms with E-state index in [1.165, 1.54) is 0 Å². The highest BCUT2D eigenvalue weighted by molar-refractivity contribution is 6.10. The molecule has 8 nitrogen and oxygen atoms in total. The van der Waals surface area contributed by atoms with Crippen molar-refractivity contribution < 1.29 is 4.79 Å². The van der Waals surface area contributed by atoms with E-state index in [2.05, 4.69) is 20.5 Å². The van der Waals surface area contributed by atoms with Crippen molar-refractivity contribution in [1.82, 2.24) is 9.97 Å². The highest BCUT2D eigenvalue weighted by Gasteiger charge is 2.14. The van der Waals surface area contributed by atoms with Crippen molar-refractivity contribution in [3.8, 4) is 12.1 Å². The van der Waals surface area contributed by atoms with Gasteiger partial charge in [0.25, 0.3) is 0 Å². The summed E-state index contributed by atoms with van der Waals surface area (Å²) in [6.07, 6.45) is 0. The molecule has 0 aliphatic rings. The minimum atomic E-state index is -0.436. The number of carbonyl (C=O) groups excluding carboxylic acids is 1. The van der Waals surface area contributed by atoms with Gasteiger partial charge < -0.3 is 9.97 Å². The summed E-state index contributed by atoms with van der Waals surface area (Å²) >= 11 is 0. The molecule has 108 valence electrons. The van der Waals surface area contributed by atoms with Crippen LogP contribution in [0.25, 0.3) is 0 Å². The van der Waals surface area contributed by atoms with Gasteiger partial charge in [0.2, 0.25) is 11.5 Å². The van der Waals surface area contributed by atoms with Crippen LogP contribution in [0, 0.1) is 29.6 Å². The van der Waals surface area contributed by atoms with Crippen LogP contribution in [0.4, 0.5) is 5.69 Å². The van der Waals surface area contributed by atoms with Crippen LogP contribution >= 0.6 is 0 Å². The summed E-state index contributed by atoms with van der Waals surface area (Å²) < 4.78 is 0. The standard InChI is InChI=1S/C14H10N6O2/c1-8-12(18-14(22)17-8)13(21)9-2-4-10(5-3-9)19-20-11(6-15)7-16/h2-5,19H,1H3,(H2,17,18,22). The number of aromatic nitrogens is 2. The molecular formula is C14H10N6O2. The van der Waals surface area contributed by atoms with E-state index in [9.17, 15) is 9.59 Å². The van der Waals surface area contributed by atoms with Crippen LogP contribution < -0.4 is 11.1 Å². The fourth-order valence-electron chi connectivity index (χ4n) is 1.73. The minimum absolute atomic E-state index is 0.208. The molecule has 0 amide bonds. The number of aromatic amines is 2. The van der Waals surface area contributed by atoms with E-state index in [0.717, 1.165) is 0 Å². The first-order valence-corrected chi connectivity index (χ1v) is 6.12. The molecule has 8 heteroatoms. The van der Waals surface area contributed by atoms with Gasteiger partial charge in [-0.2, -0.15) is 15.6 Å². The van der Waals surface area contributed by atoms with Gasteiger partial charge in [-0.05, 0) is 31.2 Å². The lowest BCUT2D eigenvalue weighted by atomic mass is 10.1. The second kappa shape index (κ2) is 6.20. The summed E-state index contributed by atoms with van der Waals surface area (Å²) in [7, 11) is 0. The van der Waals surface area contributed by atoms with Crippen molar-refractivity contribution in [1.29, 1.82) is 10.5 Å². The normalized spacial score (nSPS) is 9.41. The van der Waals surface area contributed by atoms with Crippen LogP contribution in [0.1, 0.15) is 21.7 Å². The number of nitrogens with one attached hydrogen (secondary N) is 3. The van der Waals surface area contributed by atoms with Gasteiger partial charge in [0.05, 0.1) is 5.69 Å². The van der Waals surface area contributed by atoms with E-state index in [4.69, 9.17) is 10.5 Å². The number of ketones is 1. The first-order chi connectivity index (χ1) is 10.5. The van der Waals surface area contributed by atoms with Gasteiger partial charge in [0, 0.05) is 11.3 Å². The molecule has 0 aliphatic heterocycles. The molecule has 0 saturated heterocycles. The smallest absolute Gasteiger partial charge is 0.310 e. The molecule has 2 aromatic rings. The summed E-state index contributed by atoms with van der Waals surface area (Å²) in [5.41, 5.74) is 3.37. The lowest BCUT2D eigenvalue weighted by Gasteiger charge is -2.02. The molecule has 3 N–H and O–H groups in total. The number of imidazole rings is 1. The maximum atomic E-state index is 12.2. The topological polar surface area (TPSA) is 138 Å². The summed E-state index contributed by atoms with van der Waals surface area (Å²) in [4.78, 5) is 28.3. The number of aryl methyl sites for hydroxylation is 1. The van der Waals surface area contributed by atoms with Crippen molar-refractivity contribution in [2.45, 2.75) is 6.92 Å². The number of anilines is 1. The van der Waals surface area contributed by atoms with Crippen molar-refractivity contribution in [2.75, 3.05) is 5.43 Å². The fraction of sp³-hybridized carbons (Fsp3) is 0.0714. The highest BCUT2D eigenvalue weighted by Crippen LogP contribution is 2.13. The Labute approximate surface area is 124 Å². The van der Waals surface area contributed by atoms with Crippen molar-refractivity contribution in [3.05, 3.63) is 51.7 Å². The Morgan fingerprint density at radius 1 is 1.18 bits per heavy atom. The first-order valence-electron chi connectivity index (χ1n) is 6.12. The molecule has 0 fully saturated rings. The zero-order valence-electron chi connectivity index (χ0n) is 11.5. The third kappa shape index (κ3) is 3.08. The van der Waals surface area contributed by atoms with Crippen molar-refractivity contribution >= 4 is 17.2 Å². The van der Waals surface area contributed by atoms with Crippen molar-refractivity contribution in [3.63, 3.8) is 0 Å². The molecule has 1 aromatic carbocycles. The third-order valence-electron chi connectivity index (χ3n) is 2.80. The van der Waals surface area contributed by atoms with Crippen LogP contribution in [0.3, 0.4) is 0 Å². The average Bonchev–Trinajstić information content (AvgIpc) is 2.87. The number of benzene rings is 1. The SMILES string of the molecule is Cc1[nH]c(=O)[nH]c1C(=O)c1ccc(NN=C(C#N)C#N)cc1. The second-order valence-corrected chi connectivity index (χ2v) is 4.28. The van der Waals surface area contributed by atoms with E-state index in [-0.39, 0.29) is 17.2 Å². The molecule has 0 spiro atoms. The van der Waals surface area contributed by atoms with Gasteiger partial charge in [-0.3, -0.25) is 10.2 Å². The maximum absolute atomic E-state index is 12.2. The number of hydrogen-bond acceptors (Lipinski definition) is 6. The number of hydrogen-bond donors (Lipinski definition) is 3. The molecule has 22 heavy (non-hydrogen) atoms. The van der Waals surface area contributed by atoms with E-state index in [1.807, 2.05) is 0 Å². The third-order valence-corrected chi connectivity index (χ3v) is 2.80. The first kappa shape index (κ1) is 14.8. The monoisotopic (exact) mass is 294 g/mol. The Kier molecular flexibility index (Phi) is 4.16. The minimum Gasteiger partial charge on any atom is -0.310 e. The van der Waals surface area contributed by atoms with Crippen LogP contribution in [-0.2, 0) is 0 Å². The number of H-pyrrole nitrogens is 2. The second-order valence-electron chi connectivity index (χ2n) is 4.28. The highest BCUT2D eigenvalue weighted by atomic mass is 16.1. The van der Waals surface area contributed by atoms with Gasteiger partial charge in [0.15, 0.2) is 0 Å². The van der Waals surface area contributed by atoms with Gasteiger partial charge >= 0.3 is 5.69 Å². The van der Waals surface area contributed by atoms with E-state index in [1.54, 1.807) is 43.3 Å². The molecule has 1 heterocycles. The summed E-state index contributed by atoms with van der Waals surface area (Å²) in [5.74, 6) is -0.319. The zero-order chi connectivity index (χ0) is 16.1. The summed E-state index contributed by atoms with van der Waals surface area (Å²) in [6, 6.07) is 9.47. The quantitative estimate of drug-likeness (QED) is 0.439. The Bertz CT molecular complexity index is 858. The van der Waals surface area contributed by atoms with Crippen LogP contribution in [0.15, 0.2) is 34.2 Å². The molecule has 0 aliphatic carbocycles.